The average molecular weight is 457 g/mol. The summed E-state index contributed by atoms with van der Waals surface area (Å²) in [5, 5.41) is 2.78. The third kappa shape index (κ3) is 6.55. The maximum Gasteiger partial charge on any atom is 0.258 e. The number of ether oxygens (including phenoxy) is 1. The van der Waals surface area contributed by atoms with E-state index in [9.17, 15) is 17.6 Å². The third-order valence-electron chi connectivity index (χ3n) is 4.78. The predicted molar refractivity (Wildman–Crippen MR) is 122 cm³/mol. The number of amides is 1. The predicted octanol–water partition coefficient (Wildman–Crippen LogP) is 3.80. The fraction of sp³-hybridized carbons (Fsp3) is 0.208. The Hall–Kier alpha value is -3.39. The number of carbonyl (C=O) groups excluding carboxylic acids is 1. The average Bonchev–Trinajstić information content (AvgIpc) is 2.76. The van der Waals surface area contributed by atoms with Crippen molar-refractivity contribution in [3.8, 4) is 5.75 Å². The first-order valence-electron chi connectivity index (χ1n) is 9.98. The maximum atomic E-state index is 14.0. The van der Waals surface area contributed by atoms with Gasteiger partial charge in [-0.2, -0.15) is 0 Å². The lowest BCUT2D eigenvalue weighted by molar-refractivity contribution is -0.123. The maximum absolute atomic E-state index is 14.0. The van der Waals surface area contributed by atoms with Crippen molar-refractivity contribution in [2.24, 2.45) is 0 Å². The number of halogens is 1. The second-order valence-electron chi connectivity index (χ2n) is 7.41. The van der Waals surface area contributed by atoms with Crippen molar-refractivity contribution >= 4 is 21.6 Å². The highest BCUT2D eigenvalue weighted by Crippen LogP contribution is 2.24. The van der Waals surface area contributed by atoms with E-state index >= 15 is 0 Å². The van der Waals surface area contributed by atoms with Gasteiger partial charge in [0, 0.05) is 12.1 Å². The number of carbonyl (C=O) groups is 1. The molecule has 0 aliphatic carbocycles. The molecule has 0 aliphatic heterocycles. The molecule has 0 unspecified atom stereocenters. The molecular formula is C24H25FN2O4S. The molecule has 3 rings (SSSR count). The molecule has 1 N–H and O–H groups in total. The summed E-state index contributed by atoms with van der Waals surface area (Å²) in [5.74, 6) is -0.330. The van der Waals surface area contributed by atoms with Crippen molar-refractivity contribution in [3.63, 3.8) is 0 Å². The zero-order valence-corrected chi connectivity index (χ0v) is 18.7. The zero-order valence-electron chi connectivity index (χ0n) is 17.9. The van der Waals surface area contributed by atoms with E-state index in [2.05, 4.69) is 5.32 Å². The van der Waals surface area contributed by atoms with E-state index in [1.54, 1.807) is 42.5 Å². The summed E-state index contributed by atoms with van der Waals surface area (Å²) in [6.07, 6.45) is 1.07. The van der Waals surface area contributed by atoms with E-state index in [-0.39, 0.29) is 24.6 Å². The Labute approximate surface area is 187 Å². The number of anilines is 1. The van der Waals surface area contributed by atoms with Gasteiger partial charge in [-0.15, -0.1) is 0 Å². The van der Waals surface area contributed by atoms with E-state index < -0.39 is 15.8 Å². The second kappa shape index (κ2) is 10.3. The number of sulfonamides is 1. The third-order valence-corrected chi connectivity index (χ3v) is 5.92. The lowest BCUT2D eigenvalue weighted by Crippen LogP contribution is -2.29. The van der Waals surface area contributed by atoms with E-state index in [0.717, 1.165) is 21.7 Å². The van der Waals surface area contributed by atoms with Crippen molar-refractivity contribution < 1.29 is 22.3 Å². The van der Waals surface area contributed by atoms with Gasteiger partial charge < -0.3 is 10.1 Å². The fourth-order valence-electron chi connectivity index (χ4n) is 3.00. The van der Waals surface area contributed by atoms with Gasteiger partial charge in [0.2, 0.25) is 10.0 Å². The molecule has 1 amide bonds. The van der Waals surface area contributed by atoms with Crippen LogP contribution >= 0.6 is 0 Å². The Balaban J connectivity index is 1.59. The molecule has 0 aliphatic rings. The van der Waals surface area contributed by atoms with E-state index in [1.807, 2.05) is 31.2 Å². The lowest BCUT2D eigenvalue weighted by atomic mass is 10.1. The molecule has 0 fully saturated rings. The summed E-state index contributed by atoms with van der Waals surface area (Å²) in [6.45, 7) is 2.10. The highest BCUT2D eigenvalue weighted by molar-refractivity contribution is 7.92. The van der Waals surface area contributed by atoms with Crippen LogP contribution in [0.4, 0.5) is 10.1 Å². The molecule has 0 saturated carbocycles. The summed E-state index contributed by atoms with van der Waals surface area (Å²) < 4.78 is 45.2. The Morgan fingerprint density at radius 3 is 2.28 bits per heavy atom. The monoisotopic (exact) mass is 456 g/mol. The van der Waals surface area contributed by atoms with Crippen LogP contribution in [0, 0.1) is 12.7 Å². The molecular weight excluding hydrogens is 431 g/mol. The van der Waals surface area contributed by atoms with E-state index in [0.29, 0.717) is 18.0 Å². The number of hydrogen-bond acceptors (Lipinski definition) is 4. The summed E-state index contributed by atoms with van der Waals surface area (Å²) >= 11 is 0. The SMILES string of the molecule is Cc1ccc(CNC(=O)COc2ccc(N(Cc3ccccc3F)S(C)(=O)=O)cc2)cc1. The Morgan fingerprint density at radius 1 is 1.00 bits per heavy atom. The molecule has 0 aromatic heterocycles. The van der Waals surface area contributed by atoms with E-state index in [1.165, 1.54) is 6.07 Å². The number of aryl methyl sites for hydroxylation is 1. The molecule has 0 saturated heterocycles. The topological polar surface area (TPSA) is 75.7 Å². The summed E-state index contributed by atoms with van der Waals surface area (Å²) in [7, 11) is -3.65. The molecule has 168 valence electrons. The molecule has 0 radical (unpaired) electrons. The number of nitrogens with zero attached hydrogens (tertiary/aromatic N) is 1. The Kier molecular flexibility index (Phi) is 7.48. The van der Waals surface area contributed by atoms with Crippen molar-refractivity contribution in [2.75, 3.05) is 17.2 Å². The van der Waals surface area contributed by atoms with Crippen LogP contribution in [0.5, 0.6) is 5.75 Å². The van der Waals surface area contributed by atoms with Gasteiger partial charge in [0.25, 0.3) is 5.91 Å². The molecule has 8 heteroatoms. The van der Waals surface area contributed by atoms with E-state index in [4.69, 9.17) is 4.74 Å². The first-order chi connectivity index (χ1) is 15.2. The largest absolute Gasteiger partial charge is 0.484 e. The number of hydrogen-bond donors (Lipinski definition) is 1. The highest BCUT2D eigenvalue weighted by Gasteiger charge is 2.19. The van der Waals surface area contributed by atoms with Gasteiger partial charge in [0.15, 0.2) is 6.61 Å². The van der Waals surface area contributed by atoms with Gasteiger partial charge in [0.1, 0.15) is 11.6 Å². The quantitative estimate of drug-likeness (QED) is 0.532. The molecule has 0 atom stereocenters. The van der Waals surface area contributed by atoms with Crippen LogP contribution < -0.4 is 14.4 Å². The zero-order chi connectivity index (χ0) is 23.1. The van der Waals surface area contributed by atoms with Crippen LogP contribution in [0.2, 0.25) is 0 Å². The lowest BCUT2D eigenvalue weighted by Gasteiger charge is -2.23. The van der Waals surface area contributed by atoms with Crippen LogP contribution in [-0.2, 0) is 27.9 Å². The van der Waals surface area contributed by atoms with Crippen LogP contribution in [-0.4, -0.2) is 27.2 Å². The summed E-state index contributed by atoms with van der Waals surface area (Å²) in [6, 6.07) is 20.1. The van der Waals surface area contributed by atoms with Gasteiger partial charge in [-0.05, 0) is 42.8 Å². The van der Waals surface area contributed by atoms with Crippen LogP contribution in [0.1, 0.15) is 16.7 Å². The van der Waals surface area contributed by atoms with Gasteiger partial charge in [0.05, 0.1) is 18.5 Å². The molecule has 3 aromatic rings. The van der Waals surface area contributed by atoms with Gasteiger partial charge >= 0.3 is 0 Å². The smallest absolute Gasteiger partial charge is 0.258 e. The number of nitrogens with one attached hydrogen (secondary N) is 1. The van der Waals surface area contributed by atoms with Crippen LogP contribution in [0.25, 0.3) is 0 Å². The second-order valence-corrected chi connectivity index (χ2v) is 9.31. The van der Waals surface area contributed by atoms with Crippen molar-refractivity contribution in [1.82, 2.24) is 5.32 Å². The summed E-state index contributed by atoms with van der Waals surface area (Å²) in [5.41, 5.74) is 2.77. The minimum Gasteiger partial charge on any atom is -0.484 e. The molecule has 32 heavy (non-hydrogen) atoms. The molecule has 6 nitrogen and oxygen atoms in total. The molecule has 0 bridgehead atoms. The molecule has 0 spiro atoms. The molecule has 0 heterocycles. The number of rotatable bonds is 9. The van der Waals surface area contributed by atoms with Crippen molar-refractivity contribution in [2.45, 2.75) is 20.0 Å². The Morgan fingerprint density at radius 2 is 1.66 bits per heavy atom. The standard InChI is InChI=1S/C24H25FN2O4S/c1-18-7-9-19(10-8-18)15-26-24(28)17-31-22-13-11-21(12-14-22)27(32(2,29)30)16-20-5-3-4-6-23(20)25/h3-14H,15-17H2,1-2H3,(H,26,28). The van der Waals surface area contributed by atoms with Gasteiger partial charge in [-0.1, -0.05) is 48.0 Å². The fourth-order valence-corrected chi connectivity index (χ4v) is 3.87. The molecule has 3 aromatic carbocycles. The summed E-state index contributed by atoms with van der Waals surface area (Å²) in [4.78, 5) is 12.0. The first kappa shape index (κ1) is 23.3. The minimum absolute atomic E-state index is 0.132. The normalized spacial score (nSPS) is 11.1. The minimum atomic E-state index is -3.65. The van der Waals surface area contributed by atoms with Crippen LogP contribution in [0.15, 0.2) is 72.8 Å². The van der Waals surface area contributed by atoms with Gasteiger partial charge in [-0.25, -0.2) is 12.8 Å². The number of benzene rings is 3. The van der Waals surface area contributed by atoms with Crippen molar-refractivity contribution in [1.29, 1.82) is 0 Å². The van der Waals surface area contributed by atoms with Gasteiger partial charge in [-0.3, -0.25) is 9.10 Å². The highest BCUT2D eigenvalue weighted by atomic mass is 32.2. The first-order valence-corrected chi connectivity index (χ1v) is 11.8. The Bertz CT molecular complexity index is 1160. The van der Waals surface area contributed by atoms with Crippen LogP contribution in [0.3, 0.4) is 0 Å². The van der Waals surface area contributed by atoms with Crippen molar-refractivity contribution in [3.05, 3.63) is 95.3 Å².